The number of fused-ring (bicyclic) bond motifs is 2. The summed E-state index contributed by atoms with van der Waals surface area (Å²) < 4.78 is 1.37. The lowest BCUT2D eigenvalue weighted by atomic mass is 10.1. The molecule has 0 unspecified atom stereocenters. The number of aliphatic imine (C=N–C) groups is 2. The van der Waals surface area contributed by atoms with Crippen LogP contribution in [-0.2, 0) is 0 Å². The average Bonchev–Trinajstić information content (AvgIpc) is 3.43. The van der Waals surface area contributed by atoms with Gasteiger partial charge in [-0.05, 0) is 12.1 Å². The Labute approximate surface area is 198 Å². The van der Waals surface area contributed by atoms with E-state index >= 15 is 0 Å². The van der Waals surface area contributed by atoms with Gasteiger partial charge in [-0.25, -0.2) is 20.0 Å². The van der Waals surface area contributed by atoms with Crippen LogP contribution in [0.25, 0.3) is 20.4 Å². The van der Waals surface area contributed by atoms with Crippen LogP contribution >= 0.6 is 22.7 Å². The summed E-state index contributed by atoms with van der Waals surface area (Å²) in [6.45, 7) is 0. The van der Waals surface area contributed by atoms with Crippen molar-refractivity contribution < 1.29 is 9.85 Å². The molecule has 0 aliphatic heterocycles. The predicted octanol–water partition coefficient (Wildman–Crippen LogP) is 6.22. The van der Waals surface area contributed by atoms with Gasteiger partial charge in [0, 0.05) is 47.8 Å². The van der Waals surface area contributed by atoms with E-state index in [0.717, 1.165) is 11.1 Å². The summed E-state index contributed by atoms with van der Waals surface area (Å²) in [5.41, 5.74) is 2.92. The van der Waals surface area contributed by atoms with Crippen LogP contribution < -0.4 is 0 Å². The van der Waals surface area contributed by atoms with Gasteiger partial charge in [-0.2, -0.15) is 0 Å². The molecular formula is C22H12N6O4S2. The number of benzene rings is 3. The minimum atomic E-state index is -0.440. The highest BCUT2D eigenvalue weighted by Crippen LogP contribution is 2.32. The van der Waals surface area contributed by atoms with Gasteiger partial charge >= 0.3 is 0 Å². The second-order valence-corrected chi connectivity index (χ2v) is 8.97. The SMILES string of the molecule is O=[N+]([O-])c1ccc2nc(/N=C/c3ccccc3/C=N/c3nc4ccc([N+](=O)[O-])cc4s3)sc2c1. The van der Waals surface area contributed by atoms with Crippen molar-refractivity contribution in [3.8, 4) is 0 Å². The quantitative estimate of drug-likeness (QED) is 0.158. The second kappa shape index (κ2) is 8.84. The fraction of sp³-hybridized carbons (Fsp3) is 0. The van der Waals surface area contributed by atoms with E-state index in [1.165, 1.54) is 46.9 Å². The maximum absolute atomic E-state index is 11.0. The maximum atomic E-state index is 11.0. The molecule has 0 fully saturated rings. The van der Waals surface area contributed by atoms with Gasteiger partial charge in [-0.15, -0.1) is 0 Å². The third kappa shape index (κ3) is 4.40. The van der Waals surface area contributed by atoms with Gasteiger partial charge in [0.1, 0.15) is 0 Å². The second-order valence-electron chi connectivity index (χ2n) is 6.96. The van der Waals surface area contributed by atoms with Crippen molar-refractivity contribution in [1.82, 2.24) is 9.97 Å². The summed E-state index contributed by atoms with van der Waals surface area (Å²) in [5, 5.41) is 22.9. The van der Waals surface area contributed by atoms with Crippen molar-refractivity contribution in [2.24, 2.45) is 9.98 Å². The summed E-state index contributed by atoms with van der Waals surface area (Å²) in [6, 6.07) is 16.5. The lowest BCUT2D eigenvalue weighted by Gasteiger charge is -1.98. The Balaban J connectivity index is 1.40. The van der Waals surface area contributed by atoms with Crippen molar-refractivity contribution in [3.63, 3.8) is 0 Å². The molecule has 0 bridgehead atoms. The van der Waals surface area contributed by atoms with E-state index in [0.29, 0.717) is 30.7 Å². The van der Waals surface area contributed by atoms with E-state index < -0.39 is 9.85 Å². The van der Waals surface area contributed by atoms with Crippen LogP contribution in [0, 0.1) is 20.2 Å². The minimum absolute atomic E-state index is 0.0117. The van der Waals surface area contributed by atoms with E-state index in [9.17, 15) is 20.2 Å². The highest BCUT2D eigenvalue weighted by molar-refractivity contribution is 7.22. The molecular weight excluding hydrogens is 476 g/mol. The van der Waals surface area contributed by atoms with Gasteiger partial charge in [0.25, 0.3) is 11.4 Å². The number of hydrogen-bond acceptors (Lipinski definition) is 10. The normalized spacial score (nSPS) is 11.8. The molecule has 0 saturated heterocycles. The molecule has 2 heterocycles. The number of thiazole rings is 2. The summed E-state index contributed by atoms with van der Waals surface area (Å²) >= 11 is 2.53. The van der Waals surface area contributed by atoms with E-state index in [4.69, 9.17) is 0 Å². The van der Waals surface area contributed by atoms with Crippen molar-refractivity contribution in [3.05, 3.63) is 92.0 Å². The number of rotatable bonds is 6. The summed E-state index contributed by atoms with van der Waals surface area (Å²) in [5.74, 6) is 0. The molecule has 12 heteroatoms. The molecule has 5 aromatic rings. The maximum Gasteiger partial charge on any atom is 0.270 e. The van der Waals surface area contributed by atoms with Gasteiger partial charge in [0.05, 0.1) is 30.3 Å². The van der Waals surface area contributed by atoms with Crippen molar-refractivity contribution in [2.75, 3.05) is 0 Å². The molecule has 0 N–H and O–H groups in total. The summed E-state index contributed by atoms with van der Waals surface area (Å²) in [6.07, 6.45) is 3.32. The van der Waals surface area contributed by atoms with Crippen LogP contribution in [0.2, 0.25) is 0 Å². The minimum Gasteiger partial charge on any atom is -0.258 e. The zero-order valence-electron chi connectivity index (χ0n) is 17.1. The Hall–Kier alpha value is -4.42. The molecule has 0 saturated carbocycles. The van der Waals surface area contributed by atoms with E-state index in [1.807, 2.05) is 24.3 Å². The Morgan fingerprint density at radius 2 is 1.15 bits per heavy atom. The fourth-order valence-corrected chi connectivity index (χ4v) is 4.82. The lowest BCUT2D eigenvalue weighted by Crippen LogP contribution is -1.90. The summed E-state index contributed by atoms with van der Waals surface area (Å²) in [7, 11) is 0. The van der Waals surface area contributed by atoms with Crippen LogP contribution in [-0.4, -0.2) is 32.2 Å². The third-order valence-corrected chi connectivity index (χ3v) is 6.62. The molecule has 5 rings (SSSR count). The molecule has 0 amide bonds. The van der Waals surface area contributed by atoms with Gasteiger partial charge in [0.2, 0.25) is 10.3 Å². The molecule has 166 valence electrons. The first-order valence-electron chi connectivity index (χ1n) is 9.73. The Kier molecular flexibility index (Phi) is 5.57. The molecule has 0 aliphatic carbocycles. The first-order chi connectivity index (χ1) is 16.5. The van der Waals surface area contributed by atoms with Crippen LogP contribution in [0.15, 0.2) is 70.6 Å². The number of nitrogens with zero attached hydrogens (tertiary/aromatic N) is 6. The van der Waals surface area contributed by atoms with Crippen LogP contribution in [0.4, 0.5) is 21.6 Å². The Morgan fingerprint density at radius 1 is 0.706 bits per heavy atom. The zero-order valence-corrected chi connectivity index (χ0v) is 18.7. The first-order valence-corrected chi connectivity index (χ1v) is 11.4. The standard InChI is InChI=1S/C22H12N6O4S2/c29-27(30)15-5-7-17-19(9-15)33-21(25-17)23-11-13-3-1-2-4-14(13)12-24-22-26-18-8-6-16(28(31)32)10-20(18)34-22/h1-12H/b23-11+,24-12+. The number of nitro groups is 2. The van der Waals surface area contributed by atoms with Crippen LogP contribution in [0.3, 0.4) is 0 Å². The number of aromatic nitrogens is 2. The largest absolute Gasteiger partial charge is 0.270 e. The van der Waals surface area contributed by atoms with E-state index in [1.54, 1.807) is 24.6 Å². The molecule has 10 nitrogen and oxygen atoms in total. The Bertz CT molecular complexity index is 1520. The van der Waals surface area contributed by atoms with Crippen LogP contribution in [0.5, 0.6) is 0 Å². The van der Waals surface area contributed by atoms with E-state index in [2.05, 4.69) is 20.0 Å². The van der Waals surface area contributed by atoms with Gasteiger partial charge < -0.3 is 0 Å². The number of nitro benzene ring substituents is 2. The molecule has 0 spiro atoms. The van der Waals surface area contributed by atoms with Crippen molar-refractivity contribution in [2.45, 2.75) is 0 Å². The number of non-ortho nitro benzene ring substituents is 2. The highest BCUT2D eigenvalue weighted by atomic mass is 32.1. The lowest BCUT2D eigenvalue weighted by molar-refractivity contribution is -0.384. The molecule has 0 radical (unpaired) electrons. The molecule has 0 atom stereocenters. The first kappa shape index (κ1) is 21.4. The van der Waals surface area contributed by atoms with Crippen molar-refractivity contribution in [1.29, 1.82) is 0 Å². The molecule has 34 heavy (non-hydrogen) atoms. The Morgan fingerprint density at radius 3 is 1.56 bits per heavy atom. The smallest absolute Gasteiger partial charge is 0.258 e. The van der Waals surface area contributed by atoms with Crippen molar-refractivity contribution >= 4 is 77.2 Å². The topological polar surface area (TPSA) is 137 Å². The van der Waals surface area contributed by atoms with Gasteiger partial charge in [0.15, 0.2) is 0 Å². The number of hydrogen-bond donors (Lipinski definition) is 0. The van der Waals surface area contributed by atoms with Gasteiger partial charge in [-0.3, -0.25) is 20.2 Å². The molecule has 3 aromatic carbocycles. The van der Waals surface area contributed by atoms with E-state index in [-0.39, 0.29) is 11.4 Å². The van der Waals surface area contributed by atoms with Gasteiger partial charge in [-0.1, -0.05) is 46.9 Å². The molecule has 2 aromatic heterocycles. The third-order valence-electron chi connectivity index (χ3n) is 4.77. The summed E-state index contributed by atoms with van der Waals surface area (Å²) in [4.78, 5) is 38.8. The monoisotopic (exact) mass is 488 g/mol. The zero-order chi connectivity index (χ0) is 23.7. The molecule has 0 aliphatic rings. The predicted molar refractivity (Wildman–Crippen MR) is 133 cm³/mol. The highest BCUT2D eigenvalue weighted by Gasteiger charge is 2.11. The fourth-order valence-electron chi connectivity index (χ4n) is 3.14. The van der Waals surface area contributed by atoms with Crippen LogP contribution in [0.1, 0.15) is 11.1 Å². The average molecular weight is 489 g/mol.